The lowest BCUT2D eigenvalue weighted by molar-refractivity contribution is -0.231. The summed E-state index contributed by atoms with van der Waals surface area (Å²) in [7, 11) is 0. The van der Waals surface area contributed by atoms with Crippen molar-refractivity contribution >= 4 is 11.0 Å². The highest BCUT2D eigenvalue weighted by molar-refractivity contribution is 5.91. The van der Waals surface area contributed by atoms with E-state index in [2.05, 4.69) is 0 Å². The first-order valence-electron chi connectivity index (χ1n) is 9.48. The van der Waals surface area contributed by atoms with Gasteiger partial charge in [0.25, 0.3) is 0 Å². The number of aliphatic hydroxyl groups excluding tert-OH is 4. The van der Waals surface area contributed by atoms with Crippen LogP contribution in [0.4, 0.5) is 0 Å². The first kappa shape index (κ1) is 21.9. The number of phenolic OH excluding ortho intramolecular Hbond substituents is 4. The Bertz CT molecular complexity index is 1230. The molecule has 170 valence electrons. The van der Waals surface area contributed by atoms with Gasteiger partial charge in [0.2, 0.25) is 5.43 Å². The van der Waals surface area contributed by atoms with Crippen molar-refractivity contribution < 1.29 is 50.0 Å². The maximum Gasteiger partial charge on any atom is 0.204 e. The summed E-state index contributed by atoms with van der Waals surface area (Å²) in [6, 6.07) is 4.44. The third kappa shape index (κ3) is 3.32. The molecule has 1 fully saturated rings. The lowest BCUT2D eigenvalue weighted by atomic mass is 9.89. The van der Waals surface area contributed by atoms with Gasteiger partial charge in [-0.3, -0.25) is 4.79 Å². The third-order valence-corrected chi connectivity index (χ3v) is 5.51. The number of aromatic hydroxyl groups is 4. The van der Waals surface area contributed by atoms with E-state index in [1.165, 1.54) is 6.07 Å². The Kier molecular flexibility index (Phi) is 5.44. The van der Waals surface area contributed by atoms with Crippen LogP contribution in [0.3, 0.4) is 0 Å². The van der Waals surface area contributed by atoms with Gasteiger partial charge in [0.15, 0.2) is 17.1 Å². The molecule has 4 rings (SSSR count). The molecular formula is C21H20O11. The first-order chi connectivity index (χ1) is 15.1. The minimum absolute atomic E-state index is 0.0893. The summed E-state index contributed by atoms with van der Waals surface area (Å²) in [4.78, 5) is 13.1. The van der Waals surface area contributed by atoms with E-state index in [1.807, 2.05) is 0 Å². The number of rotatable bonds is 3. The van der Waals surface area contributed by atoms with Gasteiger partial charge < -0.3 is 50.0 Å². The van der Waals surface area contributed by atoms with Crippen LogP contribution in [0.15, 0.2) is 39.7 Å². The summed E-state index contributed by atoms with van der Waals surface area (Å²) in [5, 5.41) is 79.5. The second-order valence-corrected chi connectivity index (χ2v) is 7.46. The van der Waals surface area contributed by atoms with Crippen LogP contribution >= 0.6 is 0 Å². The number of ether oxygens (including phenoxy) is 1. The highest BCUT2D eigenvalue weighted by Gasteiger charge is 2.46. The molecule has 3 aromatic rings. The number of hydrogen-bond donors (Lipinski definition) is 8. The molecule has 11 nitrogen and oxygen atoms in total. The van der Waals surface area contributed by atoms with Crippen LogP contribution in [0, 0.1) is 0 Å². The molecule has 2 aromatic carbocycles. The van der Waals surface area contributed by atoms with Crippen molar-refractivity contribution in [1.82, 2.24) is 0 Å². The van der Waals surface area contributed by atoms with Crippen molar-refractivity contribution in [1.29, 1.82) is 0 Å². The van der Waals surface area contributed by atoms with Gasteiger partial charge in [0.05, 0.1) is 17.7 Å². The van der Waals surface area contributed by atoms with Gasteiger partial charge in [-0.25, -0.2) is 0 Å². The van der Waals surface area contributed by atoms with Gasteiger partial charge in [-0.05, 0) is 17.7 Å². The van der Waals surface area contributed by atoms with Crippen molar-refractivity contribution in [2.24, 2.45) is 0 Å². The molecule has 0 amide bonds. The van der Waals surface area contributed by atoms with Crippen molar-refractivity contribution in [3.05, 3.63) is 46.3 Å². The molecule has 1 aliphatic heterocycles. The molecular weight excluding hydrogens is 428 g/mol. The maximum absolute atomic E-state index is 13.1. The van der Waals surface area contributed by atoms with Crippen molar-refractivity contribution in [2.45, 2.75) is 30.5 Å². The highest BCUT2D eigenvalue weighted by Crippen LogP contribution is 2.43. The van der Waals surface area contributed by atoms with Crippen molar-refractivity contribution in [3.8, 4) is 34.1 Å². The maximum atomic E-state index is 13.1. The lowest BCUT2D eigenvalue weighted by Crippen LogP contribution is -2.55. The Hall–Kier alpha value is -3.35. The first-order valence-corrected chi connectivity index (χ1v) is 9.48. The van der Waals surface area contributed by atoms with Crippen molar-refractivity contribution in [3.63, 3.8) is 0 Å². The smallest absolute Gasteiger partial charge is 0.204 e. The second-order valence-electron chi connectivity index (χ2n) is 7.46. The summed E-state index contributed by atoms with van der Waals surface area (Å²) in [5.41, 5.74) is -1.33. The summed E-state index contributed by atoms with van der Waals surface area (Å²) in [6.07, 6.45) is -6.99. The van der Waals surface area contributed by atoms with Crippen LogP contribution in [0.25, 0.3) is 22.1 Å². The van der Waals surface area contributed by atoms with E-state index in [1.54, 1.807) is 0 Å². The Labute approximate surface area is 179 Å². The summed E-state index contributed by atoms with van der Waals surface area (Å²) in [5.74, 6) is -2.17. The van der Waals surface area contributed by atoms with E-state index in [9.17, 15) is 45.6 Å². The van der Waals surface area contributed by atoms with Crippen LogP contribution in [-0.4, -0.2) is 71.9 Å². The Morgan fingerprint density at radius 2 is 1.56 bits per heavy atom. The minimum atomic E-state index is -1.77. The zero-order valence-electron chi connectivity index (χ0n) is 16.3. The molecule has 0 spiro atoms. The van der Waals surface area contributed by atoms with Gasteiger partial charge >= 0.3 is 0 Å². The van der Waals surface area contributed by atoms with E-state index in [4.69, 9.17) is 9.15 Å². The molecule has 1 aromatic heterocycles. The number of aliphatic hydroxyl groups is 4. The lowest BCUT2D eigenvalue weighted by Gasteiger charge is -2.40. The summed E-state index contributed by atoms with van der Waals surface area (Å²) < 4.78 is 11.0. The Morgan fingerprint density at radius 3 is 2.22 bits per heavy atom. The summed E-state index contributed by atoms with van der Waals surface area (Å²) >= 11 is 0. The van der Waals surface area contributed by atoms with Crippen LogP contribution in [-0.2, 0) is 4.74 Å². The van der Waals surface area contributed by atoms with E-state index in [0.717, 1.165) is 24.5 Å². The monoisotopic (exact) mass is 448 g/mol. The SMILES string of the molecule is O=c1c(-c2ccc(O)c(O)c2)coc2c([C@H]3O[C@@H](CO)[C@H](O)[C@@H](O)[C@@H]3O)c(O)cc(O)c12. The molecule has 0 aliphatic carbocycles. The third-order valence-electron chi connectivity index (χ3n) is 5.51. The minimum Gasteiger partial charge on any atom is -0.507 e. The predicted molar refractivity (Wildman–Crippen MR) is 107 cm³/mol. The summed E-state index contributed by atoms with van der Waals surface area (Å²) in [6.45, 7) is -0.712. The quantitative estimate of drug-likeness (QED) is 0.247. The second kappa shape index (κ2) is 7.97. The Balaban J connectivity index is 1.93. The zero-order chi connectivity index (χ0) is 23.3. The highest BCUT2D eigenvalue weighted by atomic mass is 16.5. The average Bonchev–Trinajstić information content (AvgIpc) is 2.75. The number of fused-ring (bicyclic) bond motifs is 1. The van der Waals surface area contributed by atoms with E-state index in [-0.39, 0.29) is 27.7 Å². The molecule has 0 bridgehead atoms. The predicted octanol–water partition coefficient (Wildman–Crippen LogP) is -0.203. The normalized spacial score (nSPS) is 25.8. The fourth-order valence-electron chi connectivity index (χ4n) is 3.80. The molecule has 1 saturated heterocycles. The zero-order valence-corrected chi connectivity index (χ0v) is 16.3. The number of phenols is 4. The van der Waals surface area contributed by atoms with Gasteiger partial charge in [0, 0.05) is 6.07 Å². The molecule has 0 radical (unpaired) electrons. The fraction of sp³-hybridized carbons (Fsp3) is 0.286. The van der Waals surface area contributed by atoms with Crippen LogP contribution < -0.4 is 5.43 Å². The van der Waals surface area contributed by atoms with Gasteiger partial charge in [-0.1, -0.05) is 6.07 Å². The molecule has 8 N–H and O–H groups in total. The molecule has 2 heterocycles. The molecule has 0 unspecified atom stereocenters. The fourth-order valence-corrected chi connectivity index (χ4v) is 3.80. The molecule has 32 heavy (non-hydrogen) atoms. The van der Waals surface area contributed by atoms with Crippen LogP contribution in [0.1, 0.15) is 11.7 Å². The number of hydrogen-bond acceptors (Lipinski definition) is 11. The molecule has 0 saturated carbocycles. The van der Waals surface area contributed by atoms with Crippen molar-refractivity contribution in [2.75, 3.05) is 6.61 Å². The standard InChI is InChI=1S/C21H20O11/c22-5-13-17(28)18(29)19(30)21(32-13)15-12(26)4-11(25)14-16(27)8(6-31-20(14)15)7-1-2-9(23)10(24)3-7/h1-4,6,13,17-19,21-26,28-30H,5H2/t13-,17-,18+,19-,21+/m0/s1. The average molecular weight is 448 g/mol. The van der Waals surface area contributed by atoms with E-state index < -0.39 is 65.6 Å². The number of benzene rings is 2. The van der Waals surface area contributed by atoms with Gasteiger partial charge in [-0.15, -0.1) is 0 Å². The molecule has 1 aliphatic rings. The van der Waals surface area contributed by atoms with E-state index in [0.29, 0.717) is 0 Å². The van der Waals surface area contributed by atoms with Gasteiger partial charge in [0.1, 0.15) is 53.7 Å². The molecule has 5 atom stereocenters. The van der Waals surface area contributed by atoms with Crippen LogP contribution in [0.2, 0.25) is 0 Å². The van der Waals surface area contributed by atoms with E-state index >= 15 is 0 Å². The Morgan fingerprint density at radius 1 is 0.844 bits per heavy atom. The molecule has 11 heteroatoms. The largest absolute Gasteiger partial charge is 0.507 e. The van der Waals surface area contributed by atoms with Crippen LogP contribution in [0.5, 0.6) is 23.0 Å². The topological polar surface area (TPSA) is 201 Å². The van der Waals surface area contributed by atoms with Gasteiger partial charge in [-0.2, -0.15) is 0 Å².